The van der Waals surface area contributed by atoms with E-state index in [1.54, 1.807) is 18.2 Å². The average Bonchev–Trinajstić information content (AvgIpc) is 2.91. The fourth-order valence-corrected chi connectivity index (χ4v) is 4.42. The molecule has 2 atom stereocenters. The van der Waals surface area contributed by atoms with Crippen LogP contribution in [0.5, 0.6) is 0 Å². The highest BCUT2D eigenvalue weighted by molar-refractivity contribution is 5.97. The van der Waals surface area contributed by atoms with Crippen molar-refractivity contribution < 1.29 is 14.3 Å². The first-order valence-electron chi connectivity index (χ1n) is 12.2. The summed E-state index contributed by atoms with van der Waals surface area (Å²) in [4.78, 5) is 41.4. The Bertz CT molecular complexity index is 1540. The van der Waals surface area contributed by atoms with Gasteiger partial charge in [-0.25, -0.2) is 4.79 Å². The third-order valence-corrected chi connectivity index (χ3v) is 6.38. The number of fused-ring (bicyclic) bond motifs is 2. The summed E-state index contributed by atoms with van der Waals surface area (Å²) < 4.78 is 5.68. The zero-order valence-corrected chi connectivity index (χ0v) is 20.4. The maximum Gasteiger partial charge on any atom is 0.329 e. The van der Waals surface area contributed by atoms with E-state index in [4.69, 9.17) is 4.74 Å². The lowest BCUT2D eigenvalue weighted by molar-refractivity contribution is -0.146. The number of hydrogen-bond donors (Lipinski definition) is 3. The van der Waals surface area contributed by atoms with Crippen LogP contribution < -0.4 is 16.2 Å². The standard InChI is InChI=1S/C30H27N3O4/c1-19-10-12-21(13-11-19)29(35)33-27(16-22-17-28(34)32-26-9-5-3-7-24(22)26)30(36)37-18-23-15-14-20-6-2-4-8-25(20)31-23/h2-15,17,23,27,31H,16,18H2,1H3,(H,32,34)(H,33,35). The first-order valence-corrected chi connectivity index (χ1v) is 12.2. The number of H-pyrrole nitrogens is 1. The minimum Gasteiger partial charge on any atom is -0.462 e. The van der Waals surface area contributed by atoms with Gasteiger partial charge in [0.25, 0.3) is 5.91 Å². The maximum atomic E-state index is 13.3. The molecular weight excluding hydrogens is 466 g/mol. The molecule has 0 radical (unpaired) electrons. The molecule has 7 heteroatoms. The maximum absolute atomic E-state index is 13.3. The van der Waals surface area contributed by atoms with Gasteiger partial charge < -0.3 is 20.4 Å². The minimum atomic E-state index is -0.987. The first kappa shape index (κ1) is 24.1. The predicted molar refractivity (Wildman–Crippen MR) is 145 cm³/mol. The van der Waals surface area contributed by atoms with Crippen LogP contribution in [0.15, 0.2) is 89.7 Å². The molecule has 0 saturated heterocycles. The summed E-state index contributed by atoms with van der Waals surface area (Å²) in [6.07, 6.45) is 4.04. The largest absolute Gasteiger partial charge is 0.462 e. The van der Waals surface area contributed by atoms with Gasteiger partial charge in [0.1, 0.15) is 12.6 Å². The van der Waals surface area contributed by atoms with Gasteiger partial charge >= 0.3 is 5.97 Å². The summed E-state index contributed by atoms with van der Waals surface area (Å²) in [5, 5.41) is 6.98. The number of carbonyl (C=O) groups excluding carboxylic acids is 2. The van der Waals surface area contributed by atoms with E-state index < -0.39 is 12.0 Å². The van der Waals surface area contributed by atoms with Gasteiger partial charge in [-0.05, 0) is 42.3 Å². The van der Waals surface area contributed by atoms with Crippen molar-refractivity contribution in [2.24, 2.45) is 0 Å². The summed E-state index contributed by atoms with van der Waals surface area (Å²) in [5.41, 5.74) is 4.53. The molecule has 37 heavy (non-hydrogen) atoms. The quantitative estimate of drug-likeness (QED) is 0.335. The van der Waals surface area contributed by atoms with Crippen molar-refractivity contribution in [2.75, 3.05) is 11.9 Å². The van der Waals surface area contributed by atoms with Crippen LogP contribution in [0.2, 0.25) is 0 Å². The van der Waals surface area contributed by atoms with Crippen LogP contribution in [0.4, 0.5) is 5.69 Å². The Kier molecular flexibility index (Phi) is 6.85. The topological polar surface area (TPSA) is 100 Å². The lowest BCUT2D eigenvalue weighted by atomic mass is 10.0. The van der Waals surface area contributed by atoms with Crippen LogP contribution in [0.3, 0.4) is 0 Å². The number of aryl methyl sites for hydroxylation is 1. The van der Waals surface area contributed by atoms with Gasteiger partial charge in [0.2, 0.25) is 5.56 Å². The zero-order valence-electron chi connectivity index (χ0n) is 20.4. The molecule has 7 nitrogen and oxygen atoms in total. The number of hydrogen-bond acceptors (Lipinski definition) is 5. The molecule has 0 bridgehead atoms. The lowest BCUT2D eigenvalue weighted by Crippen LogP contribution is -2.44. The summed E-state index contributed by atoms with van der Waals surface area (Å²) >= 11 is 0. The molecule has 0 saturated carbocycles. The highest BCUT2D eigenvalue weighted by Crippen LogP contribution is 2.23. The number of rotatable bonds is 7. The minimum absolute atomic E-state index is 0.0939. The lowest BCUT2D eigenvalue weighted by Gasteiger charge is -2.24. The molecule has 2 unspecified atom stereocenters. The zero-order chi connectivity index (χ0) is 25.8. The second kappa shape index (κ2) is 10.5. The Hall–Kier alpha value is -4.65. The molecule has 0 fully saturated rings. The van der Waals surface area contributed by atoms with E-state index in [1.165, 1.54) is 6.07 Å². The molecule has 186 valence electrons. The number of amides is 1. The molecule has 1 aliphatic heterocycles. The van der Waals surface area contributed by atoms with Gasteiger partial charge in [0.15, 0.2) is 0 Å². The van der Waals surface area contributed by atoms with Gasteiger partial charge in [-0.15, -0.1) is 0 Å². The Labute approximate surface area is 214 Å². The number of para-hydroxylation sites is 2. The van der Waals surface area contributed by atoms with Gasteiger partial charge in [0, 0.05) is 34.6 Å². The van der Waals surface area contributed by atoms with Crippen LogP contribution in [0.1, 0.15) is 27.0 Å². The Morgan fingerprint density at radius 2 is 1.76 bits per heavy atom. The third kappa shape index (κ3) is 5.62. The van der Waals surface area contributed by atoms with Crippen molar-refractivity contribution in [3.05, 3.63) is 118 Å². The second-order valence-corrected chi connectivity index (χ2v) is 9.13. The van der Waals surface area contributed by atoms with Gasteiger partial charge in [-0.1, -0.05) is 66.2 Å². The average molecular weight is 494 g/mol. The van der Waals surface area contributed by atoms with Crippen LogP contribution in [0.25, 0.3) is 17.0 Å². The molecule has 3 N–H and O–H groups in total. The van der Waals surface area contributed by atoms with Crippen molar-refractivity contribution in [3.63, 3.8) is 0 Å². The number of carbonyl (C=O) groups is 2. The predicted octanol–water partition coefficient (Wildman–Crippen LogP) is 4.23. The highest BCUT2D eigenvalue weighted by Gasteiger charge is 2.26. The molecule has 5 rings (SSSR count). The van der Waals surface area contributed by atoms with Crippen LogP contribution >= 0.6 is 0 Å². The molecule has 4 aromatic rings. The smallest absolute Gasteiger partial charge is 0.329 e. The second-order valence-electron chi connectivity index (χ2n) is 9.13. The molecule has 1 aromatic heterocycles. The summed E-state index contributed by atoms with van der Waals surface area (Å²) in [6.45, 7) is 2.03. The summed E-state index contributed by atoms with van der Waals surface area (Å²) in [6, 6.07) is 22.6. The van der Waals surface area contributed by atoms with Gasteiger partial charge in [-0.3, -0.25) is 9.59 Å². The first-order chi connectivity index (χ1) is 18.0. The number of aromatic nitrogens is 1. The summed E-state index contributed by atoms with van der Waals surface area (Å²) in [7, 11) is 0. The number of ether oxygens (including phenoxy) is 1. The van der Waals surface area contributed by atoms with E-state index in [9.17, 15) is 14.4 Å². The highest BCUT2D eigenvalue weighted by atomic mass is 16.5. The molecule has 0 aliphatic carbocycles. The van der Waals surface area contributed by atoms with Crippen molar-refractivity contribution in [1.29, 1.82) is 0 Å². The molecule has 0 spiro atoms. The number of aromatic amines is 1. The molecule has 2 heterocycles. The van der Waals surface area contributed by atoms with E-state index in [1.807, 2.05) is 73.7 Å². The molecule has 1 amide bonds. The van der Waals surface area contributed by atoms with Crippen molar-refractivity contribution in [3.8, 4) is 0 Å². The van der Waals surface area contributed by atoms with Crippen LogP contribution in [-0.4, -0.2) is 35.6 Å². The van der Waals surface area contributed by atoms with E-state index in [0.717, 1.165) is 22.2 Å². The van der Waals surface area contributed by atoms with E-state index in [-0.39, 0.29) is 30.5 Å². The molecular formula is C30H27N3O4. The summed E-state index contributed by atoms with van der Waals surface area (Å²) in [5.74, 6) is -0.959. The number of benzene rings is 3. The fraction of sp³-hybridized carbons (Fsp3) is 0.167. The van der Waals surface area contributed by atoms with Crippen molar-refractivity contribution >= 4 is 34.5 Å². The molecule has 3 aromatic carbocycles. The fourth-order valence-electron chi connectivity index (χ4n) is 4.42. The Morgan fingerprint density at radius 3 is 2.59 bits per heavy atom. The number of esters is 1. The van der Waals surface area contributed by atoms with Gasteiger partial charge in [-0.2, -0.15) is 0 Å². The van der Waals surface area contributed by atoms with Crippen molar-refractivity contribution in [1.82, 2.24) is 10.3 Å². The normalized spacial score (nSPS) is 14.9. The van der Waals surface area contributed by atoms with Crippen LogP contribution in [0, 0.1) is 6.92 Å². The van der Waals surface area contributed by atoms with Gasteiger partial charge in [0.05, 0.1) is 6.04 Å². The van der Waals surface area contributed by atoms with Crippen molar-refractivity contribution in [2.45, 2.75) is 25.4 Å². The van der Waals surface area contributed by atoms with Crippen LogP contribution in [-0.2, 0) is 16.0 Å². The number of nitrogens with one attached hydrogen (secondary N) is 3. The van der Waals surface area contributed by atoms with E-state index >= 15 is 0 Å². The SMILES string of the molecule is Cc1ccc(C(=O)NC(Cc2cc(=O)[nH]c3ccccc23)C(=O)OCC2C=Cc3ccccc3N2)cc1. The number of pyridine rings is 1. The van der Waals surface area contributed by atoms with E-state index in [2.05, 4.69) is 15.6 Å². The molecule has 1 aliphatic rings. The third-order valence-electron chi connectivity index (χ3n) is 6.38. The van der Waals surface area contributed by atoms with E-state index in [0.29, 0.717) is 16.6 Å². The monoisotopic (exact) mass is 493 g/mol. The number of anilines is 1. The Morgan fingerprint density at radius 1 is 1.00 bits per heavy atom. The Balaban J connectivity index is 1.36.